The fraction of sp³-hybridized carbons (Fsp3) is 0.222. The third-order valence-corrected chi connectivity index (χ3v) is 3.57. The minimum Gasteiger partial charge on any atom is -0.386 e. The van der Waals surface area contributed by atoms with Crippen molar-refractivity contribution in [2.75, 3.05) is 5.32 Å². The average molecular weight is 330 g/mol. The van der Waals surface area contributed by atoms with Gasteiger partial charge in [-0.25, -0.2) is 9.18 Å². The molecule has 0 saturated carbocycles. The number of aliphatic hydroxyl groups excluding tert-OH is 1. The van der Waals surface area contributed by atoms with E-state index in [1.54, 1.807) is 31.2 Å². The molecule has 0 bridgehead atoms. The lowest BCUT2D eigenvalue weighted by Gasteiger charge is -2.21. The van der Waals surface area contributed by atoms with E-state index in [0.717, 1.165) is 0 Å². The highest BCUT2D eigenvalue weighted by atomic mass is 19.1. The molecule has 2 aromatic carbocycles. The Labute approximate surface area is 139 Å². The van der Waals surface area contributed by atoms with Gasteiger partial charge in [0, 0.05) is 11.3 Å². The standard InChI is InChI=1S/C18H19FN2O3/c1-11(17(23)13-6-8-15(19)9-7-13)20-18(24)21-16-5-3-4-14(10-16)12(2)22/h3-11,17,23H,1-2H3,(H2,20,21,24)/t11-,17-/m0/s1. The SMILES string of the molecule is CC(=O)c1cccc(NC(=O)N[C@@H](C)[C@H](O)c2ccc(F)cc2)c1. The number of halogens is 1. The summed E-state index contributed by atoms with van der Waals surface area (Å²) < 4.78 is 12.9. The van der Waals surface area contributed by atoms with Crippen LogP contribution in [-0.4, -0.2) is 23.0 Å². The predicted octanol–water partition coefficient (Wildman–Crippen LogP) is 3.27. The monoisotopic (exact) mass is 330 g/mol. The lowest BCUT2D eigenvalue weighted by molar-refractivity contribution is 0.101. The molecule has 0 aromatic heterocycles. The number of nitrogens with one attached hydrogen (secondary N) is 2. The van der Waals surface area contributed by atoms with E-state index in [2.05, 4.69) is 10.6 Å². The van der Waals surface area contributed by atoms with Crippen LogP contribution in [0.5, 0.6) is 0 Å². The van der Waals surface area contributed by atoms with Gasteiger partial charge in [0.05, 0.1) is 12.1 Å². The van der Waals surface area contributed by atoms with Gasteiger partial charge >= 0.3 is 6.03 Å². The second-order valence-electron chi connectivity index (χ2n) is 5.52. The largest absolute Gasteiger partial charge is 0.386 e. The van der Waals surface area contributed by atoms with Gasteiger partial charge < -0.3 is 15.7 Å². The van der Waals surface area contributed by atoms with Crippen molar-refractivity contribution in [1.82, 2.24) is 5.32 Å². The van der Waals surface area contributed by atoms with Gasteiger partial charge in [-0.05, 0) is 43.7 Å². The first-order valence-electron chi connectivity index (χ1n) is 7.49. The number of hydrogen-bond donors (Lipinski definition) is 3. The molecule has 24 heavy (non-hydrogen) atoms. The topological polar surface area (TPSA) is 78.4 Å². The van der Waals surface area contributed by atoms with Gasteiger partial charge in [0.15, 0.2) is 5.78 Å². The number of amides is 2. The first kappa shape index (κ1) is 17.6. The third-order valence-electron chi connectivity index (χ3n) is 3.57. The van der Waals surface area contributed by atoms with Gasteiger partial charge in [0.1, 0.15) is 5.82 Å². The molecule has 0 aliphatic rings. The maximum atomic E-state index is 12.9. The van der Waals surface area contributed by atoms with Crippen LogP contribution >= 0.6 is 0 Å². The molecular formula is C18H19FN2O3. The number of benzene rings is 2. The van der Waals surface area contributed by atoms with Gasteiger partial charge in [0.25, 0.3) is 0 Å². The number of urea groups is 1. The zero-order valence-corrected chi connectivity index (χ0v) is 13.4. The third kappa shape index (κ3) is 4.63. The Morgan fingerprint density at radius 1 is 1.12 bits per heavy atom. The van der Waals surface area contributed by atoms with Crippen LogP contribution in [0.4, 0.5) is 14.9 Å². The van der Waals surface area contributed by atoms with Crippen LogP contribution in [0, 0.1) is 5.82 Å². The lowest BCUT2D eigenvalue weighted by Crippen LogP contribution is -2.39. The zero-order valence-electron chi connectivity index (χ0n) is 13.4. The highest BCUT2D eigenvalue weighted by Crippen LogP contribution is 2.17. The molecule has 2 atom stereocenters. The second-order valence-corrected chi connectivity index (χ2v) is 5.52. The molecule has 0 unspecified atom stereocenters. The molecule has 0 aliphatic carbocycles. The van der Waals surface area contributed by atoms with Crippen molar-refractivity contribution in [3.05, 3.63) is 65.5 Å². The highest BCUT2D eigenvalue weighted by molar-refractivity contribution is 5.96. The van der Waals surface area contributed by atoms with E-state index in [0.29, 0.717) is 16.8 Å². The van der Waals surface area contributed by atoms with Crippen LogP contribution in [0.3, 0.4) is 0 Å². The molecule has 0 saturated heterocycles. The number of hydrogen-bond acceptors (Lipinski definition) is 3. The number of carbonyl (C=O) groups excluding carboxylic acids is 2. The highest BCUT2D eigenvalue weighted by Gasteiger charge is 2.18. The molecule has 6 heteroatoms. The van der Waals surface area contributed by atoms with Crippen molar-refractivity contribution in [3.8, 4) is 0 Å². The maximum absolute atomic E-state index is 12.9. The van der Waals surface area contributed by atoms with Crippen molar-refractivity contribution < 1.29 is 19.1 Å². The smallest absolute Gasteiger partial charge is 0.319 e. The summed E-state index contributed by atoms with van der Waals surface area (Å²) in [6, 6.07) is 10.9. The fourth-order valence-corrected chi connectivity index (χ4v) is 2.22. The summed E-state index contributed by atoms with van der Waals surface area (Å²) in [4.78, 5) is 23.4. The Kier molecular flexibility index (Phi) is 5.65. The number of anilines is 1. The molecular weight excluding hydrogens is 311 g/mol. The summed E-state index contributed by atoms with van der Waals surface area (Å²) >= 11 is 0. The number of ketones is 1. The van der Waals surface area contributed by atoms with Crippen molar-refractivity contribution in [1.29, 1.82) is 0 Å². The summed E-state index contributed by atoms with van der Waals surface area (Å²) in [6.07, 6.45) is -0.972. The number of Topliss-reactive ketones (excluding diaryl/α,β-unsaturated/α-hetero) is 1. The Morgan fingerprint density at radius 2 is 1.79 bits per heavy atom. The summed E-state index contributed by atoms with van der Waals surface area (Å²) in [7, 11) is 0. The summed E-state index contributed by atoms with van der Waals surface area (Å²) in [5, 5.41) is 15.4. The van der Waals surface area contributed by atoms with Crippen LogP contribution in [0.2, 0.25) is 0 Å². The van der Waals surface area contributed by atoms with Gasteiger partial charge in [-0.15, -0.1) is 0 Å². The molecule has 0 radical (unpaired) electrons. The van der Waals surface area contributed by atoms with E-state index >= 15 is 0 Å². The number of rotatable bonds is 5. The zero-order chi connectivity index (χ0) is 17.7. The minimum absolute atomic E-state index is 0.0980. The Morgan fingerprint density at radius 3 is 2.42 bits per heavy atom. The Hall–Kier alpha value is -2.73. The molecule has 0 fully saturated rings. The fourth-order valence-electron chi connectivity index (χ4n) is 2.22. The molecule has 2 amide bonds. The van der Waals surface area contributed by atoms with Crippen LogP contribution in [0.25, 0.3) is 0 Å². The van der Waals surface area contributed by atoms with Crippen molar-refractivity contribution in [3.63, 3.8) is 0 Å². The summed E-state index contributed by atoms with van der Waals surface area (Å²) in [5.74, 6) is -0.492. The average Bonchev–Trinajstić information content (AvgIpc) is 2.55. The number of carbonyl (C=O) groups is 2. The Balaban J connectivity index is 1.97. The van der Waals surface area contributed by atoms with E-state index in [9.17, 15) is 19.1 Å². The van der Waals surface area contributed by atoms with Crippen LogP contribution < -0.4 is 10.6 Å². The van der Waals surface area contributed by atoms with E-state index in [-0.39, 0.29) is 5.78 Å². The summed E-state index contributed by atoms with van der Waals surface area (Å²) in [6.45, 7) is 3.08. The van der Waals surface area contributed by atoms with Gasteiger partial charge in [0.2, 0.25) is 0 Å². The molecule has 0 spiro atoms. The van der Waals surface area contributed by atoms with Gasteiger partial charge in [-0.3, -0.25) is 4.79 Å². The van der Waals surface area contributed by atoms with Gasteiger partial charge in [-0.1, -0.05) is 24.3 Å². The van der Waals surface area contributed by atoms with E-state index in [1.807, 2.05) is 0 Å². The predicted molar refractivity (Wildman–Crippen MR) is 89.4 cm³/mol. The first-order valence-corrected chi connectivity index (χ1v) is 7.49. The molecule has 2 aromatic rings. The Bertz CT molecular complexity index is 731. The van der Waals surface area contributed by atoms with Crippen molar-refractivity contribution in [2.24, 2.45) is 0 Å². The molecule has 0 aliphatic heterocycles. The quantitative estimate of drug-likeness (QED) is 0.736. The van der Waals surface area contributed by atoms with E-state index < -0.39 is 24.0 Å². The van der Waals surface area contributed by atoms with Crippen molar-refractivity contribution in [2.45, 2.75) is 26.0 Å². The molecule has 5 nitrogen and oxygen atoms in total. The van der Waals surface area contributed by atoms with Crippen LogP contribution in [0.1, 0.15) is 35.9 Å². The van der Waals surface area contributed by atoms with Gasteiger partial charge in [-0.2, -0.15) is 0 Å². The maximum Gasteiger partial charge on any atom is 0.319 e. The molecule has 126 valence electrons. The lowest BCUT2D eigenvalue weighted by atomic mass is 10.0. The van der Waals surface area contributed by atoms with Crippen LogP contribution in [0.15, 0.2) is 48.5 Å². The van der Waals surface area contributed by atoms with Crippen molar-refractivity contribution >= 4 is 17.5 Å². The van der Waals surface area contributed by atoms with E-state index in [4.69, 9.17) is 0 Å². The van der Waals surface area contributed by atoms with E-state index in [1.165, 1.54) is 31.2 Å². The molecule has 3 N–H and O–H groups in total. The minimum atomic E-state index is -0.972. The molecule has 0 heterocycles. The second kappa shape index (κ2) is 7.70. The normalized spacial score (nSPS) is 13.0. The first-order chi connectivity index (χ1) is 11.4. The number of aliphatic hydroxyl groups is 1. The summed E-state index contributed by atoms with van der Waals surface area (Å²) in [5.41, 5.74) is 1.47. The molecule has 2 rings (SSSR count). The van der Waals surface area contributed by atoms with Crippen LogP contribution in [-0.2, 0) is 0 Å².